The highest BCUT2D eigenvalue weighted by Crippen LogP contribution is 2.24. The van der Waals surface area contributed by atoms with Crippen LogP contribution in [0.4, 0.5) is 9.18 Å². The van der Waals surface area contributed by atoms with Crippen LogP contribution in [-0.4, -0.2) is 24.1 Å². The van der Waals surface area contributed by atoms with E-state index in [0.717, 1.165) is 24.2 Å². The van der Waals surface area contributed by atoms with Crippen molar-refractivity contribution in [3.63, 3.8) is 0 Å². The van der Waals surface area contributed by atoms with Crippen LogP contribution in [0.2, 0.25) is 5.02 Å². The Bertz CT molecular complexity index is 756. The minimum Gasteiger partial charge on any atom is -0.490 e. The Kier molecular flexibility index (Phi) is 6.56. The highest BCUT2D eigenvalue weighted by Gasteiger charge is 2.16. The number of rotatable bonds is 6. The van der Waals surface area contributed by atoms with Crippen molar-refractivity contribution >= 4 is 17.6 Å². The van der Waals surface area contributed by atoms with Gasteiger partial charge in [-0.3, -0.25) is 0 Å². The maximum atomic E-state index is 13.9. The van der Waals surface area contributed by atoms with Gasteiger partial charge >= 0.3 is 6.03 Å². The average molecular weight is 391 g/mol. The summed E-state index contributed by atoms with van der Waals surface area (Å²) in [6.07, 6.45) is 5.04. The van der Waals surface area contributed by atoms with Crippen LogP contribution in [0.25, 0.3) is 0 Å². The molecule has 2 amide bonds. The largest absolute Gasteiger partial charge is 0.490 e. The number of hydrogen-bond acceptors (Lipinski definition) is 2. The predicted octanol–water partition coefficient (Wildman–Crippen LogP) is 5.14. The highest BCUT2D eigenvalue weighted by molar-refractivity contribution is 6.31. The third-order valence-electron chi connectivity index (χ3n) is 4.78. The van der Waals surface area contributed by atoms with Crippen LogP contribution in [0.1, 0.15) is 36.8 Å². The lowest BCUT2D eigenvalue weighted by atomic mass is 10.2. The molecule has 0 saturated heterocycles. The number of hydrogen-bond donors (Lipinski definition) is 1. The molecule has 3 rings (SSSR count). The molecule has 4 nitrogen and oxygen atoms in total. The molecule has 144 valence electrons. The number of nitrogens with one attached hydrogen (secondary N) is 1. The van der Waals surface area contributed by atoms with Crippen LogP contribution in [-0.2, 0) is 13.1 Å². The second-order valence-electron chi connectivity index (χ2n) is 6.88. The van der Waals surface area contributed by atoms with Crippen LogP contribution < -0.4 is 10.1 Å². The molecule has 0 radical (unpaired) electrons. The van der Waals surface area contributed by atoms with E-state index in [9.17, 15) is 9.18 Å². The standard InChI is InChI=1S/C21H24ClFN2O2/c1-25(14-18-19(22)7-4-8-20(18)23)21(26)24-13-15-9-11-17(12-10-15)27-16-5-2-3-6-16/h4,7-12,16H,2-3,5-6,13-14H2,1H3,(H,24,26). The second kappa shape index (κ2) is 9.09. The van der Waals surface area contributed by atoms with Crippen molar-refractivity contribution in [1.29, 1.82) is 0 Å². The summed E-state index contributed by atoms with van der Waals surface area (Å²) in [5.74, 6) is 0.447. The minimum atomic E-state index is -0.417. The molecule has 6 heteroatoms. The molecule has 1 saturated carbocycles. The van der Waals surface area contributed by atoms with E-state index in [1.165, 1.54) is 23.8 Å². The van der Waals surface area contributed by atoms with Crippen molar-refractivity contribution in [3.05, 3.63) is 64.4 Å². The number of ether oxygens (including phenoxy) is 1. The Balaban J connectivity index is 1.49. The maximum Gasteiger partial charge on any atom is 0.317 e. The lowest BCUT2D eigenvalue weighted by Gasteiger charge is -2.19. The molecule has 0 spiro atoms. The molecule has 2 aromatic carbocycles. The van der Waals surface area contributed by atoms with Gasteiger partial charge in [0.2, 0.25) is 0 Å². The zero-order valence-corrected chi connectivity index (χ0v) is 16.1. The first-order chi connectivity index (χ1) is 13.0. The number of carbonyl (C=O) groups is 1. The molecule has 0 heterocycles. The van der Waals surface area contributed by atoms with Crippen LogP contribution >= 0.6 is 11.6 Å². The van der Waals surface area contributed by atoms with E-state index >= 15 is 0 Å². The summed E-state index contributed by atoms with van der Waals surface area (Å²) in [4.78, 5) is 13.7. The fourth-order valence-corrected chi connectivity index (χ4v) is 3.41. The number of carbonyl (C=O) groups excluding carboxylic acids is 1. The van der Waals surface area contributed by atoms with Crippen LogP contribution in [0, 0.1) is 5.82 Å². The Hall–Kier alpha value is -2.27. The normalized spacial score (nSPS) is 14.2. The third kappa shape index (κ3) is 5.36. The quantitative estimate of drug-likeness (QED) is 0.741. The molecule has 0 unspecified atom stereocenters. The minimum absolute atomic E-state index is 0.103. The van der Waals surface area contributed by atoms with Crippen LogP contribution in [0.15, 0.2) is 42.5 Å². The smallest absolute Gasteiger partial charge is 0.317 e. The Labute approximate surface area is 164 Å². The monoisotopic (exact) mass is 390 g/mol. The lowest BCUT2D eigenvalue weighted by molar-refractivity contribution is 0.206. The maximum absolute atomic E-state index is 13.9. The molecule has 0 aliphatic heterocycles. The molecular formula is C21H24ClFN2O2. The summed E-state index contributed by atoms with van der Waals surface area (Å²) in [5, 5.41) is 3.14. The molecule has 1 aliphatic rings. The Morgan fingerprint density at radius 3 is 2.59 bits per heavy atom. The Morgan fingerprint density at radius 2 is 1.93 bits per heavy atom. The topological polar surface area (TPSA) is 41.6 Å². The molecule has 0 atom stereocenters. The van der Waals surface area contributed by atoms with Gasteiger partial charge in [0.1, 0.15) is 11.6 Å². The van der Waals surface area contributed by atoms with Gasteiger partial charge in [-0.05, 0) is 55.5 Å². The summed E-state index contributed by atoms with van der Waals surface area (Å²) in [6, 6.07) is 12.0. The predicted molar refractivity (Wildman–Crippen MR) is 104 cm³/mol. The van der Waals surface area contributed by atoms with Gasteiger partial charge in [0.15, 0.2) is 0 Å². The second-order valence-corrected chi connectivity index (χ2v) is 7.29. The van der Waals surface area contributed by atoms with Crippen molar-refractivity contribution in [2.24, 2.45) is 0 Å². The van der Waals surface area contributed by atoms with Gasteiger partial charge in [0.05, 0.1) is 12.6 Å². The van der Waals surface area contributed by atoms with Crippen molar-refractivity contribution in [2.75, 3.05) is 7.05 Å². The zero-order valence-electron chi connectivity index (χ0n) is 15.4. The molecule has 2 aromatic rings. The van der Waals surface area contributed by atoms with E-state index in [0.29, 0.717) is 23.2 Å². The molecule has 1 N–H and O–H groups in total. The molecule has 0 bridgehead atoms. The van der Waals surface area contributed by atoms with Gasteiger partial charge in [-0.2, -0.15) is 0 Å². The van der Waals surface area contributed by atoms with Gasteiger partial charge in [0, 0.05) is 24.2 Å². The number of urea groups is 1. The fraction of sp³-hybridized carbons (Fsp3) is 0.381. The number of amides is 2. The summed E-state index contributed by atoms with van der Waals surface area (Å²) in [5.41, 5.74) is 1.28. The van der Waals surface area contributed by atoms with E-state index in [-0.39, 0.29) is 12.6 Å². The van der Waals surface area contributed by atoms with Gasteiger partial charge in [-0.25, -0.2) is 9.18 Å². The molecule has 27 heavy (non-hydrogen) atoms. The van der Waals surface area contributed by atoms with Crippen molar-refractivity contribution < 1.29 is 13.9 Å². The number of benzene rings is 2. The number of nitrogens with zero attached hydrogens (tertiary/aromatic N) is 1. The first kappa shape index (κ1) is 19.5. The fourth-order valence-electron chi connectivity index (χ4n) is 3.19. The van der Waals surface area contributed by atoms with E-state index in [1.807, 2.05) is 24.3 Å². The average Bonchev–Trinajstić information content (AvgIpc) is 3.17. The summed E-state index contributed by atoms with van der Waals surface area (Å²) in [7, 11) is 1.61. The van der Waals surface area contributed by atoms with Gasteiger partial charge < -0.3 is 15.0 Å². The van der Waals surface area contributed by atoms with E-state index in [4.69, 9.17) is 16.3 Å². The molecular weight excluding hydrogens is 367 g/mol. The van der Waals surface area contributed by atoms with E-state index in [1.54, 1.807) is 19.2 Å². The van der Waals surface area contributed by atoms with Gasteiger partial charge in [-0.1, -0.05) is 29.8 Å². The summed E-state index contributed by atoms with van der Waals surface area (Å²) in [6.45, 7) is 0.489. The van der Waals surface area contributed by atoms with Crippen molar-refractivity contribution in [1.82, 2.24) is 10.2 Å². The number of halogens is 2. The molecule has 0 aromatic heterocycles. The van der Waals surface area contributed by atoms with Gasteiger partial charge in [0.25, 0.3) is 0 Å². The van der Waals surface area contributed by atoms with Crippen LogP contribution in [0.3, 0.4) is 0 Å². The SMILES string of the molecule is CN(Cc1c(F)cccc1Cl)C(=O)NCc1ccc(OC2CCCC2)cc1. The highest BCUT2D eigenvalue weighted by atomic mass is 35.5. The third-order valence-corrected chi connectivity index (χ3v) is 5.13. The van der Waals surface area contributed by atoms with Crippen LogP contribution in [0.5, 0.6) is 5.75 Å². The zero-order chi connectivity index (χ0) is 19.2. The summed E-state index contributed by atoms with van der Waals surface area (Å²) >= 11 is 6.02. The van der Waals surface area contributed by atoms with Gasteiger partial charge in [-0.15, -0.1) is 0 Å². The molecule has 1 fully saturated rings. The van der Waals surface area contributed by atoms with Crippen molar-refractivity contribution in [2.45, 2.75) is 44.9 Å². The van der Waals surface area contributed by atoms with E-state index < -0.39 is 5.82 Å². The lowest BCUT2D eigenvalue weighted by Crippen LogP contribution is -2.36. The Morgan fingerprint density at radius 1 is 1.22 bits per heavy atom. The first-order valence-electron chi connectivity index (χ1n) is 9.20. The van der Waals surface area contributed by atoms with E-state index in [2.05, 4.69) is 5.32 Å². The van der Waals surface area contributed by atoms with Crippen molar-refractivity contribution in [3.8, 4) is 5.75 Å². The first-order valence-corrected chi connectivity index (χ1v) is 9.58. The molecule has 1 aliphatic carbocycles. The summed E-state index contributed by atoms with van der Waals surface area (Å²) < 4.78 is 19.8.